The average molecular weight is 404 g/mol. The highest BCUT2D eigenvalue weighted by molar-refractivity contribution is 5.80. The van der Waals surface area contributed by atoms with Crippen LogP contribution in [0, 0.1) is 5.92 Å². The molecule has 2 heterocycles. The van der Waals surface area contributed by atoms with Crippen LogP contribution < -0.4 is 15.0 Å². The molecule has 2 aliphatic heterocycles. The molecular formula is C22H37N5O2. The zero-order valence-corrected chi connectivity index (χ0v) is 18.3. The van der Waals surface area contributed by atoms with E-state index in [0.717, 1.165) is 83.8 Å². The van der Waals surface area contributed by atoms with Gasteiger partial charge in [0.25, 0.3) is 0 Å². The number of methoxy groups -OCH3 is 1. The van der Waals surface area contributed by atoms with Crippen LogP contribution in [0.5, 0.6) is 5.75 Å². The van der Waals surface area contributed by atoms with Gasteiger partial charge in [-0.1, -0.05) is 6.92 Å². The first-order valence-corrected chi connectivity index (χ1v) is 10.9. The normalized spacial score (nSPS) is 19.9. The Labute approximate surface area is 175 Å². The molecule has 0 saturated carbocycles. The lowest BCUT2D eigenvalue weighted by Gasteiger charge is -2.38. The number of ether oxygens (including phenoxy) is 2. The number of aliphatic imine (C=N–C) groups is 1. The predicted octanol–water partition coefficient (Wildman–Crippen LogP) is 1.75. The van der Waals surface area contributed by atoms with Crippen molar-refractivity contribution >= 4 is 11.6 Å². The van der Waals surface area contributed by atoms with Gasteiger partial charge < -0.3 is 24.6 Å². The fourth-order valence-corrected chi connectivity index (χ4v) is 3.92. The summed E-state index contributed by atoms with van der Waals surface area (Å²) in [6, 6.07) is 8.34. The van der Waals surface area contributed by atoms with Gasteiger partial charge in [-0.3, -0.25) is 9.89 Å². The number of piperazine rings is 1. The first-order chi connectivity index (χ1) is 14.2. The van der Waals surface area contributed by atoms with Gasteiger partial charge in [0, 0.05) is 64.6 Å². The summed E-state index contributed by atoms with van der Waals surface area (Å²) in [5, 5.41) is 3.49. The van der Waals surface area contributed by atoms with E-state index in [2.05, 4.69) is 46.0 Å². The van der Waals surface area contributed by atoms with Gasteiger partial charge in [0.15, 0.2) is 5.96 Å². The van der Waals surface area contributed by atoms with Gasteiger partial charge in [-0.25, -0.2) is 0 Å². The molecule has 0 bridgehead atoms. The number of hydrogen-bond donors (Lipinski definition) is 1. The Kier molecular flexibility index (Phi) is 8.43. The molecular weight excluding hydrogens is 366 g/mol. The van der Waals surface area contributed by atoms with Crippen molar-refractivity contribution in [1.82, 2.24) is 15.1 Å². The van der Waals surface area contributed by atoms with Crippen molar-refractivity contribution in [3.63, 3.8) is 0 Å². The van der Waals surface area contributed by atoms with Crippen molar-refractivity contribution in [3.05, 3.63) is 24.3 Å². The minimum Gasteiger partial charge on any atom is -0.497 e. The fraction of sp³-hybridized carbons (Fsp3) is 0.682. The second-order valence-electron chi connectivity index (χ2n) is 7.88. The van der Waals surface area contributed by atoms with Crippen LogP contribution in [-0.4, -0.2) is 95.0 Å². The Hall–Kier alpha value is -1.99. The van der Waals surface area contributed by atoms with Crippen LogP contribution in [0.3, 0.4) is 0 Å². The van der Waals surface area contributed by atoms with E-state index in [0.29, 0.717) is 5.92 Å². The zero-order valence-electron chi connectivity index (χ0n) is 18.3. The number of morpholine rings is 1. The Morgan fingerprint density at radius 2 is 1.79 bits per heavy atom. The summed E-state index contributed by atoms with van der Waals surface area (Å²) >= 11 is 0. The van der Waals surface area contributed by atoms with E-state index in [1.54, 1.807) is 7.11 Å². The summed E-state index contributed by atoms with van der Waals surface area (Å²) < 4.78 is 10.7. The Balaban J connectivity index is 1.50. The number of hydrogen-bond acceptors (Lipinski definition) is 5. The lowest BCUT2D eigenvalue weighted by atomic mass is 10.1. The smallest absolute Gasteiger partial charge is 0.194 e. The number of guanidine groups is 1. The van der Waals surface area contributed by atoms with Crippen molar-refractivity contribution in [3.8, 4) is 5.75 Å². The SMILES string of the molecule is CCNC(=NCC(C)CN1CCOCC1)N1CCN(c2ccc(OC)cc2)CC1. The molecule has 1 aromatic carbocycles. The van der Waals surface area contributed by atoms with Gasteiger partial charge in [0.2, 0.25) is 0 Å². The van der Waals surface area contributed by atoms with Crippen LogP contribution in [0.15, 0.2) is 29.3 Å². The van der Waals surface area contributed by atoms with Crippen LogP contribution in [0.1, 0.15) is 13.8 Å². The van der Waals surface area contributed by atoms with Crippen LogP contribution in [0.25, 0.3) is 0 Å². The van der Waals surface area contributed by atoms with Crippen molar-refractivity contribution in [2.24, 2.45) is 10.9 Å². The monoisotopic (exact) mass is 403 g/mol. The maximum absolute atomic E-state index is 5.45. The standard InChI is InChI=1S/C22H37N5O2/c1-4-23-22(24-17-19(2)18-25-13-15-29-16-14-25)27-11-9-26(10-12-27)20-5-7-21(28-3)8-6-20/h5-8,19H,4,9-18H2,1-3H3,(H,23,24). The third-order valence-corrected chi connectivity index (χ3v) is 5.58. The van der Waals surface area contributed by atoms with Crippen molar-refractivity contribution in [2.45, 2.75) is 13.8 Å². The molecule has 0 radical (unpaired) electrons. The Bertz CT molecular complexity index is 623. The molecule has 3 rings (SSSR count). The molecule has 1 N–H and O–H groups in total. The molecule has 0 amide bonds. The number of anilines is 1. The highest BCUT2D eigenvalue weighted by atomic mass is 16.5. The molecule has 0 spiro atoms. The van der Waals surface area contributed by atoms with Crippen molar-refractivity contribution in [2.75, 3.05) is 84.1 Å². The molecule has 1 aromatic rings. The summed E-state index contributed by atoms with van der Waals surface area (Å²) in [6.45, 7) is 15.1. The van der Waals surface area contributed by atoms with E-state index in [4.69, 9.17) is 14.5 Å². The summed E-state index contributed by atoms with van der Waals surface area (Å²) in [5.74, 6) is 2.50. The molecule has 7 nitrogen and oxygen atoms in total. The van der Waals surface area contributed by atoms with Crippen molar-refractivity contribution in [1.29, 1.82) is 0 Å². The van der Waals surface area contributed by atoms with Gasteiger partial charge in [-0.2, -0.15) is 0 Å². The minimum atomic E-state index is 0.544. The minimum absolute atomic E-state index is 0.544. The molecule has 2 saturated heterocycles. The van der Waals surface area contributed by atoms with Crippen LogP contribution >= 0.6 is 0 Å². The molecule has 162 valence electrons. The number of nitrogens with zero attached hydrogens (tertiary/aromatic N) is 4. The molecule has 7 heteroatoms. The van der Waals surface area contributed by atoms with E-state index in [-0.39, 0.29) is 0 Å². The maximum Gasteiger partial charge on any atom is 0.194 e. The highest BCUT2D eigenvalue weighted by Gasteiger charge is 2.20. The van der Waals surface area contributed by atoms with E-state index in [9.17, 15) is 0 Å². The van der Waals surface area contributed by atoms with E-state index < -0.39 is 0 Å². The Morgan fingerprint density at radius 1 is 1.10 bits per heavy atom. The highest BCUT2D eigenvalue weighted by Crippen LogP contribution is 2.20. The summed E-state index contributed by atoms with van der Waals surface area (Å²) in [4.78, 5) is 12.3. The second kappa shape index (κ2) is 11.3. The van der Waals surface area contributed by atoms with Crippen LogP contribution in [-0.2, 0) is 4.74 Å². The van der Waals surface area contributed by atoms with Crippen LogP contribution in [0.2, 0.25) is 0 Å². The third-order valence-electron chi connectivity index (χ3n) is 5.58. The molecule has 29 heavy (non-hydrogen) atoms. The third kappa shape index (κ3) is 6.51. The summed E-state index contributed by atoms with van der Waals surface area (Å²) in [6.07, 6.45) is 0. The summed E-state index contributed by atoms with van der Waals surface area (Å²) in [5.41, 5.74) is 1.26. The van der Waals surface area contributed by atoms with Gasteiger partial charge in [0.05, 0.1) is 20.3 Å². The van der Waals surface area contributed by atoms with E-state index in [1.165, 1.54) is 5.69 Å². The number of rotatable bonds is 7. The quantitative estimate of drug-likeness (QED) is 0.553. The molecule has 0 aliphatic carbocycles. The average Bonchev–Trinajstić information content (AvgIpc) is 2.77. The molecule has 1 unspecified atom stereocenters. The van der Waals surface area contributed by atoms with Gasteiger partial charge >= 0.3 is 0 Å². The topological polar surface area (TPSA) is 52.6 Å². The molecule has 1 atom stereocenters. The predicted molar refractivity (Wildman–Crippen MR) is 119 cm³/mol. The van der Waals surface area contributed by atoms with Gasteiger partial charge in [-0.05, 0) is 37.1 Å². The summed E-state index contributed by atoms with van der Waals surface area (Å²) in [7, 11) is 1.71. The van der Waals surface area contributed by atoms with Gasteiger partial charge in [-0.15, -0.1) is 0 Å². The zero-order chi connectivity index (χ0) is 20.5. The van der Waals surface area contributed by atoms with E-state index in [1.807, 2.05) is 12.1 Å². The molecule has 2 fully saturated rings. The van der Waals surface area contributed by atoms with E-state index >= 15 is 0 Å². The largest absolute Gasteiger partial charge is 0.497 e. The van der Waals surface area contributed by atoms with Crippen LogP contribution in [0.4, 0.5) is 5.69 Å². The Morgan fingerprint density at radius 3 is 2.41 bits per heavy atom. The number of nitrogens with one attached hydrogen (secondary N) is 1. The second-order valence-corrected chi connectivity index (χ2v) is 7.88. The fourth-order valence-electron chi connectivity index (χ4n) is 3.92. The molecule has 0 aromatic heterocycles. The lowest BCUT2D eigenvalue weighted by Crippen LogP contribution is -2.52. The lowest BCUT2D eigenvalue weighted by molar-refractivity contribution is 0.0323. The molecule has 2 aliphatic rings. The van der Waals surface area contributed by atoms with Crippen molar-refractivity contribution < 1.29 is 9.47 Å². The van der Waals surface area contributed by atoms with Gasteiger partial charge in [0.1, 0.15) is 5.75 Å². The maximum atomic E-state index is 5.45. The first-order valence-electron chi connectivity index (χ1n) is 10.9. The number of benzene rings is 1. The first kappa shape index (κ1) is 21.7.